The normalized spacial score (nSPS) is 20.8. The van der Waals surface area contributed by atoms with Crippen molar-refractivity contribution < 1.29 is 9.90 Å². The fraction of sp³-hybridized carbons (Fsp3) is 0.417. The van der Waals surface area contributed by atoms with Gasteiger partial charge in [0.1, 0.15) is 0 Å². The van der Waals surface area contributed by atoms with E-state index in [1.165, 1.54) is 0 Å². The van der Waals surface area contributed by atoms with Gasteiger partial charge in [-0.2, -0.15) is 0 Å². The summed E-state index contributed by atoms with van der Waals surface area (Å²) >= 11 is 1.76. The number of fused-ring (bicyclic) bond motifs is 1. The van der Waals surface area contributed by atoms with Crippen LogP contribution in [0.1, 0.15) is 20.3 Å². The van der Waals surface area contributed by atoms with E-state index in [-0.39, 0.29) is 0 Å². The molecule has 2 N–H and O–H groups in total. The lowest BCUT2D eigenvalue weighted by Crippen LogP contribution is -2.41. The van der Waals surface area contributed by atoms with Crippen molar-refractivity contribution in [3.8, 4) is 0 Å². The molecule has 0 radical (unpaired) electrons. The number of carboxylic acid groups (broad SMARTS) is 1. The molecule has 18 heavy (non-hydrogen) atoms. The minimum Gasteiger partial charge on any atom is -0.465 e. The van der Waals surface area contributed by atoms with E-state index in [0.29, 0.717) is 0 Å². The molecule has 1 heterocycles. The number of nitrogens with one attached hydrogen (secondary N) is 1. The summed E-state index contributed by atoms with van der Waals surface area (Å²) in [5.41, 5.74) is 0. The summed E-state index contributed by atoms with van der Waals surface area (Å²) in [5.74, 6) is -0.0389. The zero-order chi connectivity index (χ0) is 13.2. The van der Waals surface area contributed by atoms with E-state index >= 15 is 0 Å². The van der Waals surface area contributed by atoms with E-state index < -0.39 is 11.9 Å². The highest BCUT2D eigenvalue weighted by Crippen LogP contribution is 2.16. The summed E-state index contributed by atoms with van der Waals surface area (Å²) in [5, 5.41) is 12.5. The average Bonchev–Trinajstić information content (AvgIpc) is 2.59. The lowest BCUT2D eigenvalue weighted by Gasteiger charge is -2.16. The summed E-state index contributed by atoms with van der Waals surface area (Å²) < 4.78 is 0. The third kappa shape index (κ3) is 2.81. The van der Waals surface area contributed by atoms with Gasteiger partial charge in [0, 0.05) is 11.8 Å². The van der Waals surface area contributed by atoms with Crippen molar-refractivity contribution in [2.24, 2.45) is 9.98 Å². The van der Waals surface area contributed by atoms with Gasteiger partial charge in [-0.15, -0.1) is 11.8 Å². The summed E-state index contributed by atoms with van der Waals surface area (Å²) in [6, 6.07) is 5.82. The fourth-order valence-electron chi connectivity index (χ4n) is 1.75. The van der Waals surface area contributed by atoms with Crippen LogP contribution >= 0.6 is 11.8 Å². The van der Waals surface area contributed by atoms with Gasteiger partial charge in [-0.1, -0.05) is 6.92 Å². The first-order chi connectivity index (χ1) is 8.52. The van der Waals surface area contributed by atoms with Crippen LogP contribution in [-0.2, 0) is 0 Å². The minimum absolute atomic E-state index is 0.729. The largest absolute Gasteiger partial charge is 0.465 e. The van der Waals surface area contributed by atoms with E-state index in [1.807, 2.05) is 18.2 Å². The van der Waals surface area contributed by atoms with Gasteiger partial charge in [-0.25, -0.2) is 14.8 Å². The molecule has 1 aromatic carbocycles. The summed E-state index contributed by atoms with van der Waals surface area (Å²) in [6.45, 7) is 3.77. The molecule has 1 aliphatic heterocycles. The molecule has 0 aromatic heterocycles. The topological polar surface area (TPSA) is 74.0 Å². The Morgan fingerprint density at radius 1 is 1.44 bits per heavy atom. The Labute approximate surface area is 109 Å². The Morgan fingerprint density at radius 3 is 2.83 bits per heavy atom. The molecule has 96 valence electrons. The predicted octanol–water partition coefficient (Wildman–Crippen LogP) is 1.38. The molecule has 0 fully saturated rings. The Bertz CT molecular complexity index is 587. The third-order valence-corrected chi connectivity index (χ3v) is 3.64. The Hall–Kier alpha value is -1.56. The molecule has 5 nitrogen and oxygen atoms in total. The van der Waals surface area contributed by atoms with Gasteiger partial charge in [-0.05, 0) is 30.4 Å². The van der Waals surface area contributed by atoms with Crippen molar-refractivity contribution >= 4 is 17.9 Å². The lowest BCUT2D eigenvalue weighted by molar-refractivity contribution is 0.182. The molecular formula is C12H15N3O2S. The van der Waals surface area contributed by atoms with Gasteiger partial charge in [-0.3, -0.25) is 5.32 Å². The zero-order valence-electron chi connectivity index (χ0n) is 10.3. The van der Waals surface area contributed by atoms with Crippen molar-refractivity contribution in [3.63, 3.8) is 0 Å². The molecule has 1 atom stereocenters. The maximum atomic E-state index is 10.7. The Balaban J connectivity index is 2.30. The van der Waals surface area contributed by atoms with Gasteiger partial charge in [0.15, 0.2) is 0 Å². The van der Waals surface area contributed by atoms with Crippen LogP contribution < -0.4 is 16.0 Å². The average molecular weight is 265 g/mol. The monoisotopic (exact) mass is 265 g/mol. The van der Waals surface area contributed by atoms with Crippen LogP contribution in [0.2, 0.25) is 0 Å². The first-order valence-electron chi connectivity index (χ1n) is 5.76. The standard InChI is InChI=1S/C12H15N3O2S/c1-3-6-18-8-4-5-9-10(7-8)14-12(2,13-9)15-11(16)17/h4-5,7,15H,3,6H2,1-2H3,(H,16,17). The molecule has 1 aliphatic rings. The Morgan fingerprint density at radius 2 is 2.17 bits per heavy atom. The molecule has 0 bridgehead atoms. The maximum Gasteiger partial charge on any atom is 0.408 e. The molecule has 2 rings (SSSR count). The van der Waals surface area contributed by atoms with Crippen LogP contribution in [0.4, 0.5) is 4.79 Å². The highest BCUT2D eigenvalue weighted by atomic mass is 32.2. The molecule has 1 unspecified atom stereocenters. The molecule has 1 aromatic rings. The first-order valence-corrected chi connectivity index (χ1v) is 6.75. The van der Waals surface area contributed by atoms with Crippen LogP contribution in [-0.4, -0.2) is 22.7 Å². The molecule has 0 aliphatic carbocycles. The van der Waals surface area contributed by atoms with Crippen molar-refractivity contribution in [2.75, 3.05) is 5.75 Å². The summed E-state index contributed by atoms with van der Waals surface area (Å²) in [4.78, 5) is 20.4. The van der Waals surface area contributed by atoms with Crippen LogP contribution in [0.15, 0.2) is 33.1 Å². The van der Waals surface area contributed by atoms with Crippen LogP contribution in [0.5, 0.6) is 0 Å². The highest BCUT2D eigenvalue weighted by molar-refractivity contribution is 7.99. The number of nitrogens with zero attached hydrogens (tertiary/aromatic N) is 2. The molecule has 0 saturated carbocycles. The molecular weight excluding hydrogens is 250 g/mol. The predicted molar refractivity (Wildman–Crippen MR) is 69.3 cm³/mol. The SMILES string of the molecule is CCCSc1ccc2c(c1)=NC(C)(NC(=O)O)N=2. The second-order valence-electron chi connectivity index (χ2n) is 4.17. The number of carbonyl (C=O) groups is 1. The van der Waals surface area contributed by atoms with Crippen molar-refractivity contribution in [2.45, 2.75) is 31.0 Å². The quantitative estimate of drug-likeness (QED) is 0.808. The number of thioether (sulfide) groups is 1. The highest BCUT2D eigenvalue weighted by Gasteiger charge is 2.26. The number of amides is 1. The number of hydrogen-bond donors (Lipinski definition) is 2. The number of hydrogen-bond acceptors (Lipinski definition) is 4. The minimum atomic E-state index is -1.13. The molecule has 0 spiro atoms. The fourth-order valence-corrected chi connectivity index (χ4v) is 2.55. The van der Waals surface area contributed by atoms with Gasteiger partial charge >= 0.3 is 6.09 Å². The van der Waals surface area contributed by atoms with E-state index in [0.717, 1.165) is 27.8 Å². The molecule has 1 amide bonds. The number of rotatable bonds is 4. The van der Waals surface area contributed by atoms with E-state index in [2.05, 4.69) is 22.2 Å². The second kappa shape index (κ2) is 4.97. The lowest BCUT2D eigenvalue weighted by atomic mass is 10.3. The molecule has 6 heteroatoms. The van der Waals surface area contributed by atoms with E-state index in [9.17, 15) is 4.79 Å². The van der Waals surface area contributed by atoms with Crippen molar-refractivity contribution in [1.29, 1.82) is 0 Å². The third-order valence-electron chi connectivity index (χ3n) is 2.44. The zero-order valence-corrected chi connectivity index (χ0v) is 11.1. The molecule has 0 saturated heterocycles. The number of benzene rings is 1. The van der Waals surface area contributed by atoms with Gasteiger partial charge in [0.2, 0.25) is 5.79 Å². The van der Waals surface area contributed by atoms with Crippen molar-refractivity contribution in [1.82, 2.24) is 5.32 Å². The van der Waals surface area contributed by atoms with Crippen LogP contribution in [0, 0.1) is 0 Å². The summed E-state index contributed by atoms with van der Waals surface area (Å²) in [6.07, 6.45) is -0.0138. The maximum absolute atomic E-state index is 10.7. The van der Waals surface area contributed by atoms with Gasteiger partial charge in [0.05, 0.1) is 10.7 Å². The van der Waals surface area contributed by atoms with Crippen molar-refractivity contribution in [3.05, 3.63) is 28.9 Å². The first kappa shape index (κ1) is 12.9. The van der Waals surface area contributed by atoms with E-state index in [4.69, 9.17) is 5.11 Å². The van der Waals surface area contributed by atoms with Gasteiger partial charge in [0.25, 0.3) is 0 Å². The Kier molecular flexibility index (Phi) is 3.56. The van der Waals surface area contributed by atoms with E-state index in [1.54, 1.807) is 18.7 Å². The summed E-state index contributed by atoms with van der Waals surface area (Å²) in [7, 11) is 0. The van der Waals surface area contributed by atoms with Crippen LogP contribution in [0.3, 0.4) is 0 Å². The smallest absolute Gasteiger partial charge is 0.408 e. The van der Waals surface area contributed by atoms with Crippen LogP contribution in [0.25, 0.3) is 0 Å². The second-order valence-corrected chi connectivity index (χ2v) is 5.34. The van der Waals surface area contributed by atoms with Gasteiger partial charge < -0.3 is 5.11 Å².